The van der Waals surface area contributed by atoms with Crippen LogP contribution in [0.1, 0.15) is 17.3 Å². The van der Waals surface area contributed by atoms with Crippen LogP contribution >= 0.6 is 0 Å². The van der Waals surface area contributed by atoms with Crippen molar-refractivity contribution in [2.45, 2.75) is 13.0 Å². The molecule has 64 valence electrons. The molecule has 4 heteroatoms. The number of carbonyl (C=O) groups is 1. The smallest absolute Gasteiger partial charge is 0.258 e. The van der Waals surface area contributed by atoms with Gasteiger partial charge in [-0.25, -0.2) is 0 Å². The number of ketones is 1. The maximum Gasteiger partial charge on any atom is 0.258 e. The van der Waals surface area contributed by atoms with Gasteiger partial charge in [0.05, 0.1) is 11.6 Å². The van der Waals surface area contributed by atoms with Crippen LogP contribution in [-0.4, -0.2) is 16.8 Å². The molecule has 0 aliphatic rings. The van der Waals surface area contributed by atoms with Gasteiger partial charge in [-0.1, -0.05) is 0 Å². The number of nitrogens with one attached hydrogen (secondary N) is 1. The molecule has 3 N–H and O–H groups in total. The van der Waals surface area contributed by atoms with Crippen molar-refractivity contribution in [2.75, 3.05) is 0 Å². The minimum atomic E-state index is -0.631. The molecule has 0 aliphatic carbocycles. The van der Waals surface area contributed by atoms with Crippen molar-refractivity contribution >= 4 is 5.78 Å². The van der Waals surface area contributed by atoms with E-state index < -0.39 is 6.04 Å². The summed E-state index contributed by atoms with van der Waals surface area (Å²) in [7, 11) is 0. The van der Waals surface area contributed by atoms with Gasteiger partial charge in [-0.05, 0) is 19.1 Å². The first-order chi connectivity index (χ1) is 5.63. The lowest BCUT2D eigenvalue weighted by atomic mass is 10.1. The first-order valence-electron chi connectivity index (χ1n) is 3.60. The molecule has 0 aliphatic heterocycles. The summed E-state index contributed by atoms with van der Waals surface area (Å²) in [5.41, 5.74) is 5.06. The summed E-state index contributed by atoms with van der Waals surface area (Å²) < 4.78 is 0. The summed E-state index contributed by atoms with van der Waals surface area (Å²) in [4.78, 5) is 24.7. The highest BCUT2D eigenvalue weighted by molar-refractivity contribution is 5.99. The fourth-order valence-electron chi connectivity index (χ4n) is 0.861. The van der Waals surface area contributed by atoms with E-state index >= 15 is 0 Å². The molecule has 12 heavy (non-hydrogen) atoms. The molecule has 0 radical (unpaired) electrons. The number of hydrogen-bond acceptors (Lipinski definition) is 3. The van der Waals surface area contributed by atoms with Crippen LogP contribution < -0.4 is 11.3 Å². The fraction of sp³-hybridized carbons (Fsp3) is 0.250. The van der Waals surface area contributed by atoms with E-state index in [2.05, 4.69) is 4.98 Å². The summed E-state index contributed by atoms with van der Waals surface area (Å²) in [5, 5.41) is 0. The maximum atomic E-state index is 11.2. The molecule has 4 nitrogen and oxygen atoms in total. The lowest BCUT2D eigenvalue weighted by Crippen LogP contribution is -2.31. The Morgan fingerprint density at radius 3 is 2.83 bits per heavy atom. The number of aromatic nitrogens is 1. The summed E-state index contributed by atoms with van der Waals surface area (Å²) >= 11 is 0. The van der Waals surface area contributed by atoms with Gasteiger partial charge >= 0.3 is 0 Å². The number of carbonyl (C=O) groups excluding carboxylic acids is 1. The van der Waals surface area contributed by atoms with Crippen LogP contribution in [0.15, 0.2) is 23.1 Å². The maximum absolute atomic E-state index is 11.2. The second-order valence-corrected chi connectivity index (χ2v) is 2.57. The van der Waals surface area contributed by atoms with Crippen molar-refractivity contribution in [1.82, 2.24) is 4.98 Å². The van der Waals surface area contributed by atoms with Gasteiger partial charge in [0.1, 0.15) is 0 Å². The van der Waals surface area contributed by atoms with Crippen LogP contribution in [0.5, 0.6) is 0 Å². The topological polar surface area (TPSA) is 76.0 Å². The predicted octanol–water partition coefficient (Wildman–Crippen LogP) is -0.0952. The molecular formula is C8H10N2O2. The number of H-pyrrole nitrogens is 1. The second kappa shape index (κ2) is 3.32. The number of nitrogens with two attached hydrogens (primary N) is 1. The van der Waals surface area contributed by atoms with E-state index in [1.165, 1.54) is 12.3 Å². The Labute approximate surface area is 69.4 Å². The molecule has 0 saturated carbocycles. The zero-order valence-electron chi connectivity index (χ0n) is 6.70. The third kappa shape index (κ3) is 1.60. The summed E-state index contributed by atoms with van der Waals surface area (Å²) in [6.07, 6.45) is 1.47. The molecule has 0 aromatic carbocycles. The summed E-state index contributed by atoms with van der Waals surface area (Å²) in [6.45, 7) is 1.55. The average molecular weight is 166 g/mol. The van der Waals surface area contributed by atoms with Crippen LogP contribution in [0.3, 0.4) is 0 Å². The molecule has 0 unspecified atom stereocenters. The Bertz CT molecular complexity index is 341. The van der Waals surface area contributed by atoms with Crippen LogP contribution in [0.25, 0.3) is 0 Å². The molecule has 0 bridgehead atoms. The van der Waals surface area contributed by atoms with Gasteiger partial charge in [0, 0.05) is 6.20 Å². The monoisotopic (exact) mass is 166 g/mol. The van der Waals surface area contributed by atoms with E-state index in [1.54, 1.807) is 13.0 Å². The van der Waals surface area contributed by atoms with Gasteiger partial charge in [0.15, 0.2) is 5.78 Å². The molecule has 1 rings (SSSR count). The van der Waals surface area contributed by atoms with Crippen molar-refractivity contribution in [3.8, 4) is 0 Å². The lowest BCUT2D eigenvalue weighted by molar-refractivity contribution is 0.0966. The Morgan fingerprint density at radius 1 is 1.67 bits per heavy atom. The number of aromatic amines is 1. The molecule has 0 fully saturated rings. The molecule has 1 heterocycles. The predicted molar refractivity (Wildman–Crippen MR) is 45.0 cm³/mol. The van der Waals surface area contributed by atoms with E-state index in [-0.39, 0.29) is 16.9 Å². The molecule has 0 spiro atoms. The Balaban J connectivity index is 3.12. The van der Waals surface area contributed by atoms with Gasteiger partial charge in [-0.2, -0.15) is 0 Å². The summed E-state index contributed by atoms with van der Waals surface area (Å²) in [6, 6.07) is 2.43. The van der Waals surface area contributed by atoms with Gasteiger partial charge in [-0.3, -0.25) is 9.59 Å². The van der Waals surface area contributed by atoms with Crippen molar-refractivity contribution in [3.05, 3.63) is 34.2 Å². The first kappa shape index (κ1) is 8.67. The van der Waals surface area contributed by atoms with E-state index in [4.69, 9.17) is 5.73 Å². The molecule has 1 aromatic rings. The van der Waals surface area contributed by atoms with Crippen LogP contribution in [0.4, 0.5) is 0 Å². The Kier molecular flexibility index (Phi) is 2.40. The standard InChI is InChI=1S/C8H10N2O2/c1-5(9)7(11)6-3-2-4-10-8(6)12/h2-5H,9H2,1H3,(H,10,12)/t5-/m1/s1. The SMILES string of the molecule is C[C@@H](N)C(=O)c1ccc[nH]c1=O. The molecule has 0 amide bonds. The highest BCUT2D eigenvalue weighted by Gasteiger charge is 2.13. The van der Waals surface area contributed by atoms with Gasteiger partial charge < -0.3 is 10.7 Å². The Hall–Kier alpha value is -1.42. The quantitative estimate of drug-likeness (QED) is 0.602. The van der Waals surface area contributed by atoms with E-state index in [0.717, 1.165) is 0 Å². The third-order valence-corrected chi connectivity index (χ3v) is 1.50. The fourth-order valence-corrected chi connectivity index (χ4v) is 0.861. The lowest BCUT2D eigenvalue weighted by Gasteiger charge is -2.01. The normalized spacial score (nSPS) is 12.5. The van der Waals surface area contributed by atoms with Crippen LogP contribution in [0, 0.1) is 0 Å². The highest BCUT2D eigenvalue weighted by Crippen LogP contribution is 1.94. The zero-order chi connectivity index (χ0) is 9.14. The van der Waals surface area contributed by atoms with Crippen molar-refractivity contribution in [1.29, 1.82) is 0 Å². The molecule has 1 atom stereocenters. The minimum absolute atomic E-state index is 0.118. The van der Waals surface area contributed by atoms with E-state index in [9.17, 15) is 9.59 Å². The molecule has 1 aromatic heterocycles. The van der Waals surface area contributed by atoms with Gasteiger partial charge in [0.2, 0.25) is 0 Å². The Morgan fingerprint density at radius 2 is 2.33 bits per heavy atom. The second-order valence-electron chi connectivity index (χ2n) is 2.57. The zero-order valence-corrected chi connectivity index (χ0v) is 6.70. The number of hydrogen-bond donors (Lipinski definition) is 2. The van der Waals surface area contributed by atoms with Gasteiger partial charge in [-0.15, -0.1) is 0 Å². The minimum Gasteiger partial charge on any atom is -0.328 e. The average Bonchev–Trinajstić information content (AvgIpc) is 2.04. The third-order valence-electron chi connectivity index (χ3n) is 1.50. The number of rotatable bonds is 2. The summed E-state index contributed by atoms with van der Waals surface area (Å²) in [5.74, 6) is -0.336. The van der Waals surface area contributed by atoms with Crippen molar-refractivity contribution in [2.24, 2.45) is 5.73 Å². The van der Waals surface area contributed by atoms with E-state index in [1.807, 2.05) is 0 Å². The largest absolute Gasteiger partial charge is 0.328 e. The van der Waals surface area contributed by atoms with Crippen LogP contribution in [-0.2, 0) is 0 Å². The van der Waals surface area contributed by atoms with Crippen molar-refractivity contribution < 1.29 is 4.79 Å². The first-order valence-corrected chi connectivity index (χ1v) is 3.60. The van der Waals surface area contributed by atoms with Gasteiger partial charge in [0.25, 0.3) is 5.56 Å². The highest BCUT2D eigenvalue weighted by atomic mass is 16.1. The van der Waals surface area contributed by atoms with E-state index in [0.29, 0.717) is 0 Å². The number of Topliss-reactive ketones (excluding diaryl/α,β-unsaturated/α-hetero) is 1. The molecular weight excluding hydrogens is 156 g/mol. The van der Waals surface area contributed by atoms with Crippen molar-refractivity contribution in [3.63, 3.8) is 0 Å². The number of pyridine rings is 1. The van der Waals surface area contributed by atoms with Crippen LogP contribution in [0.2, 0.25) is 0 Å². The molecule has 0 saturated heterocycles.